The van der Waals surface area contributed by atoms with Gasteiger partial charge in [-0.05, 0) is 31.2 Å². The van der Waals surface area contributed by atoms with Gasteiger partial charge in [-0.15, -0.1) is 0 Å². The smallest absolute Gasteiger partial charge is 0.208 e. The van der Waals surface area contributed by atoms with Crippen molar-refractivity contribution in [2.24, 2.45) is 0 Å². The largest absolute Gasteiger partial charge is 0.452 e. The van der Waals surface area contributed by atoms with Crippen LogP contribution in [0, 0.1) is 18.3 Å². The fourth-order valence-corrected chi connectivity index (χ4v) is 2.36. The fourth-order valence-electron chi connectivity index (χ4n) is 1.78. The van der Waals surface area contributed by atoms with Gasteiger partial charge in [0.05, 0.1) is 5.56 Å². The molecule has 0 aliphatic carbocycles. The Kier molecular flexibility index (Phi) is 3.94. The number of nitriles is 1. The topological polar surface area (TPSA) is 83.7 Å². The summed E-state index contributed by atoms with van der Waals surface area (Å²) < 4.78 is 9.93. The van der Waals surface area contributed by atoms with E-state index in [1.807, 2.05) is 13.0 Å². The summed E-state index contributed by atoms with van der Waals surface area (Å²) in [6.07, 6.45) is 1.65. The highest BCUT2D eigenvalue weighted by molar-refractivity contribution is 7.09. The van der Waals surface area contributed by atoms with Crippen LogP contribution in [0.25, 0.3) is 0 Å². The van der Waals surface area contributed by atoms with Gasteiger partial charge in [0.2, 0.25) is 5.13 Å². The minimum Gasteiger partial charge on any atom is -0.452 e. The van der Waals surface area contributed by atoms with E-state index >= 15 is 0 Å². The maximum Gasteiger partial charge on any atom is 0.208 e. The van der Waals surface area contributed by atoms with Gasteiger partial charge >= 0.3 is 0 Å². The number of hydrogen-bond acceptors (Lipinski definition) is 7. The molecule has 0 spiro atoms. The van der Waals surface area contributed by atoms with E-state index in [0.29, 0.717) is 33.8 Å². The van der Waals surface area contributed by atoms with Gasteiger partial charge in [-0.1, -0.05) is 12.1 Å². The van der Waals surface area contributed by atoms with E-state index in [2.05, 4.69) is 25.7 Å². The van der Waals surface area contributed by atoms with Crippen LogP contribution in [0.1, 0.15) is 11.4 Å². The number of aromatic nitrogens is 3. The molecule has 108 valence electrons. The number of nitrogens with one attached hydrogen (secondary N) is 1. The number of pyridine rings is 1. The van der Waals surface area contributed by atoms with Crippen LogP contribution < -0.4 is 10.1 Å². The molecule has 0 aliphatic rings. The molecule has 3 rings (SSSR count). The molecular weight excluding hydrogens is 298 g/mol. The molecule has 0 bridgehead atoms. The van der Waals surface area contributed by atoms with Crippen molar-refractivity contribution in [3.05, 3.63) is 54.0 Å². The minimum absolute atomic E-state index is 0.462. The predicted molar refractivity (Wildman–Crippen MR) is 83.4 cm³/mol. The summed E-state index contributed by atoms with van der Waals surface area (Å²) in [4.78, 5) is 8.49. The minimum atomic E-state index is 0.462. The van der Waals surface area contributed by atoms with E-state index in [1.165, 1.54) is 11.5 Å². The molecule has 22 heavy (non-hydrogen) atoms. The monoisotopic (exact) mass is 309 g/mol. The van der Waals surface area contributed by atoms with E-state index in [9.17, 15) is 0 Å². The lowest BCUT2D eigenvalue weighted by molar-refractivity contribution is 0.481. The zero-order valence-corrected chi connectivity index (χ0v) is 12.5. The fraction of sp³-hybridized carbons (Fsp3) is 0.0667. The van der Waals surface area contributed by atoms with E-state index in [4.69, 9.17) is 10.00 Å². The van der Waals surface area contributed by atoms with Gasteiger partial charge in [0.25, 0.3) is 0 Å². The van der Waals surface area contributed by atoms with Crippen molar-refractivity contribution < 1.29 is 4.74 Å². The summed E-state index contributed by atoms with van der Waals surface area (Å²) in [5.74, 6) is 2.21. The number of ether oxygens (including phenoxy) is 1. The zero-order chi connectivity index (χ0) is 15.4. The Labute approximate surface area is 131 Å². The van der Waals surface area contributed by atoms with Crippen LogP contribution in [0.5, 0.6) is 11.5 Å². The van der Waals surface area contributed by atoms with Crippen molar-refractivity contribution in [2.45, 2.75) is 6.92 Å². The summed E-state index contributed by atoms with van der Waals surface area (Å²) in [6.45, 7) is 1.82. The highest BCUT2D eigenvalue weighted by atomic mass is 32.1. The quantitative estimate of drug-likeness (QED) is 0.792. The molecule has 0 radical (unpaired) electrons. The lowest BCUT2D eigenvalue weighted by Crippen LogP contribution is -1.97. The highest BCUT2D eigenvalue weighted by Gasteiger charge is 2.10. The number of para-hydroxylation sites is 1. The van der Waals surface area contributed by atoms with E-state index in [-0.39, 0.29) is 0 Å². The van der Waals surface area contributed by atoms with Crippen LogP contribution in [0.4, 0.5) is 10.9 Å². The zero-order valence-electron chi connectivity index (χ0n) is 11.6. The van der Waals surface area contributed by atoms with Crippen LogP contribution in [0.15, 0.2) is 42.6 Å². The first-order chi connectivity index (χ1) is 10.8. The number of aryl methyl sites for hydroxylation is 1. The first kappa shape index (κ1) is 14.0. The molecule has 1 aromatic carbocycles. The first-order valence-corrected chi connectivity index (χ1v) is 7.23. The lowest BCUT2D eigenvalue weighted by Gasteiger charge is -2.11. The van der Waals surface area contributed by atoms with Crippen molar-refractivity contribution in [1.82, 2.24) is 14.3 Å². The van der Waals surface area contributed by atoms with Crippen LogP contribution >= 0.6 is 11.5 Å². The summed E-state index contributed by atoms with van der Waals surface area (Å²) in [7, 11) is 0. The molecule has 7 heteroatoms. The maximum absolute atomic E-state index is 9.13. The van der Waals surface area contributed by atoms with Crippen LogP contribution in [-0.2, 0) is 0 Å². The number of benzene rings is 1. The number of anilines is 2. The molecule has 2 heterocycles. The Morgan fingerprint density at radius 1 is 1.18 bits per heavy atom. The predicted octanol–water partition coefficient (Wildman–Crippen LogP) is 3.65. The van der Waals surface area contributed by atoms with E-state index in [0.717, 1.165) is 0 Å². The van der Waals surface area contributed by atoms with Crippen LogP contribution in [0.3, 0.4) is 0 Å². The third-order valence-corrected chi connectivity index (χ3v) is 3.47. The lowest BCUT2D eigenvalue weighted by atomic mass is 10.2. The Morgan fingerprint density at radius 2 is 2.00 bits per heavy atom. The maximum atomic E-state index is 9.13. The average molecular weight is 309 g/mol. The molecule has 0 amide bonds. The van der Waals surface area contributed by atoms with Gasteiger partial charge in [-0.3, -0.25) is 0 Å². The van der Waals surface area contributed by atoms with E-state index < -0.39 is 0 Å². The van der Waals surface area contributed by atoms with Gasteiger partial charge in [0.1, 0.15) is 17.6 Å². The summed E-state index contributed by atoms with van der Waals surface area (Å²) in [5, 5.41) is 12.8. The van der Waals surface area contributed by atoms with Gasteiger partial charge in [0, 0.05) is 17.7 Å². The van der Waals surface area contributed by atoms with Crippen molar-refractivity contribution >= 4 is 22.5 Å². The molecule has 0 atom stereocenters. The normalized spacial score (nSPS) is 10.0. The Hall–Kier alpha value is -2.98. The molecule has 0 saturated heterocycles. The Morgan fingerprint density at radius 3 is 2.77 bits per heavy atom. The molecular formula is C15H11N5OS. The molecule has 6 nitrogen and oxygen atoms in total. The van der Waals surface area contributed by atoms with E-state index in [1.54, 1.807) is 36.5 Å². The molecule has 3 aromatic rings. The average Bonchev–Trinajstić information content (AvgIpc) is 2.95. The second kappa shape index (κ2) is 6.20. The molecule has 2 aromatic heterocycles. The highest BCUT2D eigenvalue weighted by Crippen LogP contribution is 2.31. The first-order valence-electron chi connectivity index (χ1n) is 6.45. The van der Waals surface area contributed by atoms with Gasteiger partial charge in [0.15, 0.2) is 11.6 Å². The molecule has 0 fully saturated rings. The SMILES string of the molecule is Cc1nsc(Nc2ncccc2Oc2ccccc2C#N)n1. The van der Waals surface area contributed by atoms with Crippen LogP contribution in [-0.4, -0.2) is 14.3 Å². The third kappa shape index (κ3) is 3.02. The molecule has 0 saturated carbocycles. The Balaban J connectivity index is 1.90. The summed E-state index contributed by atoms with van der Waals surface area (Å²) >= 11 is 1.25. The van der Waals surface area contributed by atoms with Crippen molar-refractivity contribution in [2.75, 3.05) is 5.32 Å². The second-order valence-electron chi connectivity index (χ2n) is 4.33. The molecule has 0 aliphatic heterocycles. The number of rotatable bonds is 4. The van der Waals surface area contributed by atoms with Crippen LogP contribution in [0.2, 0.25) is 0 Å². The van der Waals surface area contributed by atoms with Crippen molar-refractivity contribution in [3.8, 4) is 17.6 Å². The van der Waals surface area contributed by atoms with Crippen molar-refractivity contribution in [3.63, 3.8) is 0 Å². The van der Waals surface area contributed by atoms with Gasteiger partial charge < -0.3 is 10.1 Å². The third-order valence-electron chi connectivity index (χ3n) is 2.75. The number of hydrogen-bond donors (Lipinski definition) is 1. The number of nitrogens with zero attached hydrogens (tertiary/aromatic N) is 4. The molecule has 1 N–H and O–H groups in total. The van der Waals surface area contributed by atoms with Gasteiger partial charge in [-0.25, -0.2) is 9.97 Å². The Bertz CT molecular complexity index is 840. The molecule has 0 unspecified atom stereocenters. The summed E-state index contributed by atoms with van der Waals surface area (Å²) in [6, 6.07) is 12.7. The van der Waals surface area contributed by atoms with Crippen molar-refractivity contribution in [1.29, 1.82) is 5.26 Å². The van der Waals surface area contributed by atoms with Gasteiger partial charge in [-0.2, -0.15) is 9.64 Å². The summed E-state index contributed by atoms with van der Waals surface area (Å²) in [5.41, 5.74) is 0.462. The second-order valence-corrected chi connectivity index (χ2v) is 5.08. The standard InChI is InChI=1S/C15H11N5OS/c1-10-18-15(22-20-10)19-14-13(7-4-8-17-14)21-12-6-3-2-5-11(12)9-16/h2-8H,1H3,(H,17,18,19,20).